The average molecular weight is 402 g/mol. The Labute approximate surface area is 167 Å². The Morgan fingerprint density at radius 3 is 2.70 bits per heavy atom. The number of thiazole rings is 1. The van der Waals surface area contributed by atoms with Crippen molar-refractivity contribution in [1.29, 1.82) is 0 Å². The van der Waals surface area contributed by atoms with Crippen molar-refractivity contribution >= 4 is 40.0 Å². The van der Waals surface area contributed by atoms with E-state index in [0.717, 1.165) is 49.4 Å². The number of hydrogen-bond acceptors (Lipinski definition) is 5. The zero-order valence-electron chi connectivity index (χ0n) is 15.2. The van der Waals surface area contributed by atoms with Crippen LogP contribution < -0.4 is 5.32 Å². The Bertz CT molecular complexity index is 820. The number of thioether (sulfide) groups is 1. The smallest absolute Gasteiger partial charge is 0.258 e. The normalized spacial score (nSPS) is 16.2. The first-order valence-electron chi connectivity index (χ1n) is 9.50. The zero-order chi connectivity index (χ0) is 18.6. The van der Waals surface area contributed by atoms with Crippen molar-refractivity contribution in [2.24, 2.45) is 0 Å². The van der Waals surface area contributed by atoms with Gasteiger partial charge < -0.3 is 4.90 Å². The summed E-state index contributed by atoms with van der Waals surface area (Å²) in [7, 11) is 0. The third-order valence-corrected chi connectivity index (χ3v) is 7.14. The van der Waals surface area contributed by atoms with Crippen molar-refractivity contribution < 1.29 is 9.59 Å². The number of aromatic nitrogens is 1. The number of likely N-dealkylation sites (tertiary alicyclic amines) is 1. The van der Waals surface area contributed by atoms with Crippen molar-refractivity contribution in [2.75, 3.05) is 24.2 Å². The SMILES string of the molecule is O=C(Nc1nc2c(s1)CCCC2)c1ccccc1SCC(=O)N1CCCC1. The summed E-state index contributed by atoms with van der Waals surface area (Å²) >= 11 is 3.03. The molecule has 27 heavy (non-hydrogen) atoms. The van der Waals surface area contributed by atoms with Crippen molar-refractivity contribution in [2.45, 2.75) is 43.4 Å². The van der Waals surface area contributed by atoms with Crippen LogP contribution in [0, 0.1) is 0 Å². The lowest BCUT2D eigenvalue weighted by atomic mass is 10.0. The van der Waals surface area contributed by atoms with Crippen LogP contribution in [0.5, 0.6) is 0 Å². The molecule has 1 aromatic carbocycles. The number of benzene rings is 1. The second kappa shape index (κ2) is 8.44. The molecule has 1 fully saturated rings. The van der Waals surface area contributed by atoms with Crippen LogP contribution in [0.2, 0.25) is 0 Å². The second-order valence-electron chi connectivity index (χ2n) is 6.92. The Morgan fingerprint density at radius 1 is 1.11 bits per heavy atom. The standard InChI is InChI=1S/C20H23N3O2S2/c24-18(23-11-5-6-12-23)13-26-16-9-3-1-7-14(16)19(25)22-20-21-15-8-2-4-10-17(15)27-20/h1,3,7,9H,2,4-6,8,10-13H2,(H,21,22,25). The maximum atomic E-state index is 12.8. The third-order valence-electron chi connectivity index (χ3n) is 5.01. The van der Waals surface area contributed by atoms with E-state index in [1.807, 2.05) is 29.2 Å². The summed E-state index contributed by atoms with van der Waals surface area (Å²) in [5, 5.41) is 3.64. The summed E-state index contributed by atoms with van der Waals surface area (Å²) in [6, 6.07) is 7.48. The first-order valence-corrected chi connectivity index (χ1v) is 11.3. The van der Waals surface area contributed by atoms with Gasteiger partial charge in [-0.1, -0.05) is 12.1 Å². The molecule has 0 bridgehead atoms. The first kappa shape index (κ1) is 18.5. The molecule has 2 heterocycles. The quantitative estimate of drug-likeness (QED) is 0.770. The van der Waals surface area contributed by atoms with E-state index in [4.69, 9.17) is 0 Å². The van der Waals surface area contributed by atoms with Crippen LogP contribution in [0.4, 0.5) is 5.13 Å². The number of anilines is 1. The van der Waals surface area contributed by atoms with E-state index in [1.54, 1.807) is 11.3 Å². The Hall–Kier alpha value is -1.86. The number of fused-ring (bicyclic) bond motifs is 1. The molecular formula is C20H23N3O2S2. The van der Waals surface area contributed by atoms with E-state index in [0.29, 0.717) is 16.4 Å². The van der Waals surface area contributed by atoms with Crippen LogP contribution >= 0.6 is 23.1 Å². The van der Waals surface area contributed by atoms with Crippen molar-refractivity contribution in [3.63, 3.8) is 0 Å². The molecule has 5 nitrogen and oxygen atoms in total. The van der Waals surface area contributed by atoms with Gasteiger partial charge >= 0.3 is 0 Å². The summed E-state index contributed by atoms with van der Waals surface area (Å²) in [6.07, 6.45) is 6.63. The number of carbonyl (C=O) groups is 2. The van der Waals surface area contributed by atoms with E-state index in [-0.39, 0.29) is 11.8 Å². The molecule has 4 rings (SSSR count). The molecule has 1 aliphatic carbocycles. The van der Waals surface area contributed by atoms with Gasteiger partial charge in [-0.2, -0.15) is 0 Å². The first-order chi connectivity index (χ1) is 13.2. The van der Waals surface area contributed by atoms with Gasteiger partial charge in [0.15, 0.2) is 5.13 Å². The lowest BCUT2D eigenvalue weighted by Crippen LogP contribution is -2.29. The topological polar surface area (TPSA) is 62.3 Å². The maximum Gasteiger partial charge on any atom is 0.258 e. The van der Waals surface area contributed by atoms with Crippen LogP contribution in [0.1, 0.15) is 46.6 Å². The number of aryl methyl sites for hydroxylation is 2. The molecule has 0 atom stereocenters. The molecule has 1 saturated heterocycles. The minimum atomic E-state index is -0.155. The van der Waals surface area contributed by atoms with Crippen molar-refractivity contribution in [1.82, 2.24) is 9.88 Å². The predicted molar refractivity (Wildman–Crippen MR) is 110 cm³/mol. The molecule has 1 aliphatic heterocycles. The average Bonchev–Trinajstić information content (AvgIpc) is 3.35. The second-order valence-corrected chi connectivity index (χ2v) is 9.02. The van der Waals surface area contributed by atoms with Gasteiger partial charge in [-0.25, -0.2) is 4.98 Å². The summed E-state index contributed by atoms with van der Waals surface area (Å²) in [6.45, 7) is 1.71. The van der Waals surface area contributed by atoms with Crippen LogP contribution in [0.3, 0.4) is 0 Å². The van der Waals surface area contributed by atoms with E-state index >= 15 is 0 Å². The zero-order valence-corrected chi connectivity index (χ0v) is 16.8. The number of hydrogen-bond donors (Lipinski definition) is 1. The van der Waals surface area contributed by atoms with E-state index in [2.05, 4.69) is 10.3 Å². The fraction of sp³-hybridized carbons (Fsp3) is 0.450. The highest BCUT2D eigenvalue weighted by molar-refractivity contribution is 8.00. The molecule has 2 amide bonds. The van der Waals surface area contributed by atoms with E-state index in [1.165, 1.54) is 29.5 Å². The van der Waals surface area contributed by atoms with Crippen LogP contribution in [-0.2, 0) is 17.6 Å². The summed E-state index contributed by atoms with van der Waals surface area (Å²) < 4.78 is 0. The Morgan fingerprint density at radius 2 is 1.89 bits per heavy atom. The van der Waals surface area contributed by atoms with E-state index < -0.39 is 0 Å². The molecule has 0 saturated carbocycles. The summed E-state index contributed by atoms with van der Waals surface area (Å²) in [5.41, 5.74) is 1.74. The van der Waals surface area contributed by atoms with Gasteiger partial charge in [0.1, 0.15) is 0 Å². The molecule has 1 aromatic heterocycles. The number of carbonyl (C=O) groups excluding carboxylic acids is 2. The predicted octanol–water partition coefficient (Wildman–Crippen LogP) is 3.99. The lowest BCUT2D eigenvalue weighted by Gasteiger charge is -2.15. The van der Waals surface area contributed by atoms with Crippen LogP contribution in [0.25, 0.3) is 0 Å². The lowest BCUT2D eigenvalue weighted by molar-refractivity contribution is -0.127. The van der Waals surface area contributed by atoms with Gasteiger partial charge in [-0.15, -0.1) is 23.1 Å². The van der Waals surface area contributed by atoms with E-state index in [9.17, 15) is 9.59 Å². The highest BCUT2D eigenvalue weighted by Gasteiger charge is 2.20. The molecule has 2 aromatic rings. The van der Waals surface area contributed by atoms with Crippen molar-refractivity contribution in [3.05, 3.63) is 40.4 Å². The fourth-order valence-electron chi connectivity index (χ4n) is 3.55. The highest BCUT2D eigenvalue weighted by Crippen LogP contribution is 2.30. The molecule has 0 unspecified atom stereocenters. The number of nitrogens with one attached hydrogen (secondary N) is 1. The minimum Gasteiger partial charge on any atom is -0.342 e. The monoisotopic (exact) mass is 401 g/mol. The number of rotatable bonds is 5. The largest absolute Gasteiger partial charge is 0.342 e. The molecular weight excluding hydrogens is 378 g/mol. The molecule has 142 valence electrons. The molecule has 7 heteroatoms. The van der Waals surface area contributed by atoms with Gasteiger partial charge in [0, 0.05) is 22.9 Å². The summed E-state index contributed by atoms with van der Waals surface area (Å²) in [5.74, 6) is 0.369. The molecule has 0 spiro atoms. The molecule has 0 radical (unpaired) electrons. The number of amides is 2. The maximum absolute atomic E-state index is 12.8. The fourth-order valence-corrected chi connectivity index (χ4v) is 5.54. The van der Waals surface area contributed by atoms with Crippen LogP contribution in [-0.4, -0.2) is 40.5 Å². The van der Waals surface area contributed by atoms with Gasteiger partial charge in [0.25, 0.3) is 5.91 Å². The van der Waals surface area contributed by atoms with Crippen LogP contribution in [0.15, 0.2) is 29.2 Å². The Kier molecular flexibility index (Phi) is 5.78. The highest BCUT2D eigenvalue weighted by atomic mass is 32.2. The van der Waals surface area contributed by atoms with Crippen molar-refractivity contribution in [3.8, 4) is 0 Å². The molecule has 2 aliphatic rings. The third kappa shape index (κ3) is 4.35. The minimum absolute atomic E-state index is 0.153. The van der Waals surface area contributed by atoms with Gasteiger partial charge in [0.05, 0.1) is 17.0 Å². The Balaban J connectivity index is 1.42. The van der Waals surface area contributed by atoms with Gasteiger partial charge in [-0.3, -0.25) is 14.9 Å². The van der Waals surface area contributed by atoms with Gasteiger partial charge in [-0.05, 0) is 50.7 Å². The summed E-state index contributed by atoms with van der Waals surface area (Å²) in [4.78, 5) is 33.7. The number of nitrogens with zero attached hydrogens (tertiary/aromatic N) is 2. The van der Waals surface area contributed by atoms with Gasteiger partial charge in [0.2, 0.25) is 5.91 Å². The molecule has 1 N–H and O–H groups in total.